The summed E-state index contributed by atoms with van der Waals surface area (Å²) in [6, 6.07) is 35.5. The third kappa shape index (κ3) is 6.60. The molecule has 0 unspecified atom stereocenters. The van der Waals surface area contributed by atoms with E-state index in [0.717, 1.165) is 27.8 Å². The number of carbonyl (C=O) groups excluding carboxylic acids is 1. The van der Waals surface area contributed by atoms with Crippen LogP contribution in [0.1, 0.15) is 29.2 Å². The third-order valence-corrected chi connectivity index (χ3v) is 7.12. The maximum atomic E-state index is 14.1. The van der Waals surface area contributed by atoms with E-state index < -0.39 is 11.6 Å². The molecule has 42 heavy (non-hydrogen) atoms. The Hall–Kier alpha value is -4.72. The van der Waals surface area contributed by atoms with Gasteiger partial charge in [0.2, 0.25) is 5.90 Å². The van der Waals surface area contributed by atoms with Gasteiger partial charge in [-0.25, -0.2) is 10.4 Å². The molecule has 7 heteroatoms. The highest BCUT2D eigenvalue weighted by atomic mass is 16.5. The number of carbonyl (C=O) groups is 1. The van der Waals surface area contributed by atoms with Crippen molar-refractivity contribution in [3.63, 3.8) is 0 Å². The van der Waals surface area contributed by atoms with E-state index in [1.165, 1.54) is 0 Å². The van der Waals surface area contributed by atoms with Gasteiger partial charge in [-0.05, 0) is 46.5 Å². The zero-order chi connectivity index (χ0) is 29.2. The van der Waals surface area contributed by atoms with Gasteiger partial charge in [-0.3, -0.25) is 10.2 Å². The van der Waals surface area contributed by atoms with Crippen LogP contribution in [0.4, 0.5) is 0 Å². The summed E-state index contributed by atoms with van der Waals surface area (Å²) in [4.78, 5) is 19.1. The molecule has 7 nitrogen and oxygen atoms in total. The fourth-order valence-electron chi connectivity index (χ4n) is 4.98. The molecule has 1 amide bonds. The average Bonchev–Trinajstić information content (AvgIpc) is 3.43. The number of aliphatic hydroxyl groups is 1. The first-order valence-electron chi connectivity index (χ1n) is 14.1. The normalized spacial score (nSPS) is 17.6. The van der Waals surface area contributed by atoms with E-state index in [-0.39, 0.29) is 12.5 Å². The molecule has 4 aromatic carbocycles. The highest BCUT2D eigenvalue weighted by molar-refractivity contribution is 6.01. The molecule has 1 aliphatic heterocycles. The number of hydrogen-bond donors (Lipinski definition) is 3. The van der Waals surface area contributed by atoms with Crippen molar-refractivity contribution in [1.82, 2.24) is 10.9 Å². The first-order chi connectivity index (χ1) is 20.6. The molecule has 0 radical (unpaired) electrons. The van der Waals surface area contributed by atoms with Crippen LogP contribution < -0.4 is 15.6 Å². The Labute approximate surface area is 246 Å². The SMILES string of the molecule is C=CCNNC(=O)[C@@]1(Cc2ccccc2)N=C(c2ccc(OCCCO)cc2)O[C@H]1c1ccc(-c2ccccc2)cc1. The molecule has 3 N–H and O–H groups in total. The lowest BCUT2D eigenvalue weighted by Gasteiger charge is -2.31. The molecule has 0 saturated heterocycles. The largest absolute Gasteiger partial charge is 0.494 e. The molecule has 0 aliphatic carbocycles. The Balaban J connectivity index is 1.54. The van der Waals surface area contributed by atoms with Crippen molar-refractivity contribution in [1.29, 1.82) is 0 Å². The predicted octanol–water partition coefficient (Wildman–Crippen LogP) is 5.42. The van der Waals surface area contributed by atoms with Gasteiger partial charge in [-0.15, -0.1) is 6.58 Å². The Morgan fingerprint density at radius 2 is 1.55 bits per heavy atom. The van der Waals surface area contributed by atoms with Crippen molar-refractivity contribution >= 4 is 11.8 Å². The van der Waals surface area contributed by atoms with Gasteiger partial charge in [0.25, 0.3) is 5.91 Å². The van der Waals surface area contributed by atoms with Crippen LogP contribution in [-0.4, -0.2) is 42.2 Å². The number of benzene rings is 4. The fourth-order valence-corrected chi connectivity index (χ4v) is 4.98. The average molecular weight is 562 g/mol. The molecule has 1 aliphatic rings. The highest BCUT2D eigenvalue weighted by Crippen LogP contribution is 2.43. The molecule has 0 bridgehead atoms. The molecule has 1 heterocycles. The molecule has 0 saturated carbocycles. The van der Waals surface area contributed by atoms with Crippen molar-refractivity contribution in [2.75, 3.05) is 19.8 Å². The van der Waals surface area contributed by atoms with Crippen LogP contribution in [0.15, 0.2) is 127 Å². The van der Waals surface area contributed by atoms with Crippen LogP contribution in [0.5, 0.6) is 5.75 Å². The van der Waals surface area contributed by atoms with Crippen LogP contribution in [-0.2, 0) is 16.0 Å². The number of aliphatic imine (C=N–C) groups is 1. The molecule has 0 aromatic heterocycles. The minimum absolute atomic E-state index is 0.0731. The molecule has 2 atom stereocenters. The second kappa shape index (κ2) is 13.8. The molecule has 4 aromatic rings. The van der Waals surface area contributed by atoms with Crippen molar-refractivity contribution in [3.8, 4) is 16.9 Å². The Kier molecular flexibility index (Phi) is 9.44. The number of ether oxygens (including phenoxy) is 2. The summed E-state index contributed by atoms with van der Waals surface area (Å²) in [5.41, 5.74) is 9.20. The summed E-state index contributed by atoms with van der Waals surface area (Å²) in [6.45, 7) is 4.63. The van der Waals surface area contributed by atoms with Gasteiger partial charge in [-0.1, -0.05) is 91.0 Å². The first kappa shape index (κ1) is 28.8. The van der Waals surface area contributed by atoms with E-state index in [0.29, 0.717) is 37.6 Å². The minimum Gasteiger partial charge on any atom is -0.494 e. The predicted molar refractivity (Wildman–Crippen MR) is 165 cm³/mol. The zero-order valence-corrected chi connectivity index (χ0v) is 23.4. The maximum Gasteiger partial charge on any atom is 0.266 e. The van der Waals surface area contributed by atoms with Gasteiger partial charge < -0.3 is 14.6 Å². The van der Waals surface area contributed by atoms with Crippen molar-refractivity contribution in [2.24, 2.45) is 4.99 Å². The summed E-state index contributed by atoms with van der Waals surface area (Å²) >= 11 is 0. The fraction of sp³-hybridized carbons (Fsp3) is 0.200. The standard InChI is InChI=1S/C35H35N3O4/c1-2-22-36-38-34(40)35(25-26-10-5-3-6-11-26)32(29-16-14-28(15-17-29)27-12-7-4-8-13-27)42-33(37-35)30-18-20-31(21-19-30)41-24-9-23-39/h2-8,10-21,32,36,39H,1,9,22-25H2,(H,38,40)/t32-,35-/m0/s1. The summed E-state index contributed by atoms with van der Waals surface area (Å²) in [6.07, 6.45) is 1.86. The van der Waals surface area contributed by atoms with Crippen LogP contribution >= 0.6 is 0 Å². The third-order valence-electron chi connectivity index (χ3n) is 7.12. The summed E-state index contributed by atoms with van der Waals surface area (Å²) in [7, 11) is 0. The monoisotopic (exact) mass is 561 g/mol. The van der Waals surface area contributed by atoms with E-state index in [4.69, 9.17) is 19.6 Å². The van der Waals surface area contributed by atoms with Gasteiger partial charge in [0, 0.05) is 31.6 Å². The number of hydrogen-bond acceptors (Lipinski definition) is 6. The number of rotatable bonds is 13. The van der Waals surface area contributed by atoms with Gasteiger partial charge in [0.15, 0.2) is 11.6 Å². The van der Waals surface area contributed by atoms with Gasteiger partial charge in [0.1, 0.15) is 5.75 Å². The molecular weight excluding hydrogens is 526 g/mol. The second-order valence-corrected chi connectivity index (χ2v) is 10.1. The van der Waals surface area contributed by atoms with E-state index in [2.05, 4.69) is 29.6 Å². The maximum absolute atomic E-state index is 14.1. The number of hydrazine groups is 1. The van der Waals surface area contributed by atoms with Crippen LogP contribution in [0, 0.1) is 0 Å². The Morgan fingerprint density at radius 3 is 2.21 bits per heavy atom. The molecule has 5 rings (SSSR count). The lowest BCUT2D eigenvalue weighted by atomic mass is 9.82. The summed E-state index contributed by atoms with van der Waals surface area (Å²) in [5, 5.41) is 9.04. The highest BCUT2D eigenvalue weighted by Gasteiger charge is 2.53. The first-order valence-corrected chi connectivity index (χ1v) is 14.1. The summed E-state index contributed by atoms with van der Waals surface area (Å²) < 4.78 is 12.3. The molecule has 0 fully saturated rings. The van der Waals surface area contributed by atoms with Gasteiger partial charge in [-0.2, -0.15) is 0 Å². The smallest absolute Gasteiger partial charge is 0.266 e. The van der Waals surface area contributed by atoms with E-state index >= 15 is 0 Å². The van der Waals surface area contributed by atoms with Crippen molar-refractivity contribution in [3.05, 3.63) is 139 Å². The summed E-state index contributed by atoms with van der Waals surface area (Å²) in [5.74, 6) is 0.758. The topological polar surface area (TPSA) is 92.2 Å². The zero-order valence-electron chi connectivity index (χ0n) is 23.4. The van der Waals surface area contributed by atoms with Crippen LogP contribution in [0.25, 0.3) is 11.1 Å². The molecule has 214 valence electrons. The van der Waals surface area contributed by atoms with Crippen LogP contribution in [0.2, 0.25) is 0 Å². The molecular formula is C35H35N3O4. The second-order valence-electron chi connectivity index (χ2n) is 10.1. The van der Waals surface area contributed by atoms with Gasteiger partial charge in [0.05, 0.1) is 6.61 Å². The van der Waals surface area contributed by atoms with E-state index in [9.17, 15) is 4.79 Å². The Bertz CT molecular complexity index is 1490. The number of nitrogens with one attached hydrogen (secondary N) is 2. The van der Waals surface area contributed by atoms with E-state index in [1.807, 2.05) is 97.1 Å². The lowest BCUT2D eigenvalue weighted by molar-refractivity contribution is -0.129. The van der Waals surface area contributed by atoms with Crippen LogP contribution in [0.3, 0.4) is 0 Å². The molecule has 0 spiro atoms. The number of aliphatic hydroxyl groups excluding tert-OH is 1. The number of nitrogens with zero attached hydrogens (tertiary/aromatic N) is 1. The van der Waals surface area contributed by atoms with E-state index in [1.54, 1.807) is 6.08 Å². The minimum atomic E-state index is -1.30. The van der Waals surface area contributed by atoms with Gasteiger partial charge >= 0.3 is 0 Å². The quantitative estimate of drug-likeness (QED) is 0.115. The lowest BCUT2D eigenvalue weighted by Crippen LogP contribution is -2.54. The number of amides is 1. The van der Waals surface area contributed by atoms with Crippen molar-refractivity contribution < 1.29 is 19.4 Å². The van der Waals surface area contributed by atoms with Crippen molar-refractivity contribution in [2.45, 2.75) is 24.5 Å². The Morgan fingerprint density at radius 1 is 0.905 bits per heavy atom.